The maximum absolute atomic E-state index is 11.5. The molecule has 0 bridgehead atoms. The van der Waals surface area contributed by atoms with Gasteiger partial charge in [-0.2, -0.15) is 0 Å². The van der Waals surface area contributed by atoms with Crippen molar-refractivity contribution in [2.24, 2.45) is 46.3 Å². The van der Waals surface area contributed by atoms with Crippen LogP contribution in [0.5, 0.6) is 0 Å². The van der Waals surface area contributed by atoms with Crippen LogP contribution in [0.15, 0.2) is 0 Å². The Morgan fingerprint density at radius 1 is 1.04 bits per heavy atom. The number of aliphatic carboxylic acids is 1. The molecule has 10 atom stereocenters. The molecule has 3 N–H and O–H groups in total. The Morgan fingerprint density at radius 2 is 1.79 bits per heavy atom. The molecule has 4 aliphatic rings. The Morgan fingerprint density at radius 3 is 2.50 bits per heavy atom. The Hall–Kier alpha value is -0.610. The van der Waals surface area contributed by atoms with Crippen LogP contribution in [0.2, 0.25) is 0 Å². The summed E-state index contributed by atoms with van der Waals surface area (Å²) in [6, 6.07) is 0. The summed E-state index contributed by atoms with van der Waals surface area (Å²) >= 11 is 0. The smallest absolute Gasteiger partial charge is 0.303 e. The Kier molecular flexibility index (Phi) is 5.36. The molecule has 4 rings (SSSR count). The molecule has 0 aliphatic heterocycles. The van der Waals surface area contributed by atoms with Crippen molar-refractivity contribution >= 4 is 5.97 Å². The highest BCUT2D eigenvalue weighted by Crippen LogP contribution is 2.68. The Labute approximate surface area is 170 Å². The first-order chi connectivity index (χ1) is 13.2. The third-order valence-corrected chi connectivity index (χ3v) is 10.3. The van der Waals surface area contributed by atoms with Crippen molar-refractivity contribution in [3.8, 4) is 0 Å². The normalized spacial score (nSPS) is 51.7. The average Bonchev–Trinajstić information content (AvgIpc) is 3.00. The van der Waals surface area contributed by atoms with Gasteiger partial charge in [0.05, 0.1) is 12.2 Å². The lowest BCUT2D eigenvalue weighted by Crippen LogP contribution is -2.58. The summed E-state index contributed by atoms with van der Waals surface area (Å²) in [5, 5.41) is 30.8. The van der Waals surface area contributed by atoms with Gasteiger partial charge in [-0.3, -0.25) is 4.79 Å². The topological polar surface area (TPSA) is 77.8 Å². The highest BCUT2D eigenvalue weighted by atomic mass is 16.4. The molecule has 4 nitrogen and oxygen atoms in total. The number of fused-ring (bicyclic) bond motifs is 5. The Bertz CT molecular complexity index is 605. The third kappa shape index (κ3) is 3.05. The van der Waals surface area contributed by atoms with E-state index in [1.54, 1.807) is 0 Å². The molecule has 0 spiro atoms. The summed E-state index contributed by atoms with van der Waals surface area (Å²) in [6.07, 6.45) is 9.26. The molecule has 0 saturated heterocycles. The van der Waals surface area contributed by atoms with Crippen molar-refractivity contribution in [3.05, 3.63) is 0 Å². The first-order valence-corrected chi connectivity index (χ1v) is 11.8. The van der Waals surface area contributed by atoms with E-state index in [4.69, 9.17) is 5.11 Å². The van der Waals surface area contributed by atoms with E-state index >= 15 is 0 Å². The van der Waals surface area contributed by atoms with Gasteiger partial charge in [-0.1, -0.05) is 20.8 Å². The highest BCUT2D eigenvalue weighted by Gasteiger charge is 2.63. The molecule has 0 radical (unpaired) electrons. The van der Waals surface area contributed by atoms with Crippen LogP contribution >= 0.6 is 0 Å². The van der Waals surface area contributed by atoms with Gasteiger partial charge in [0.2, 0.25) is 0 Å². The van der Waals surface area contributed by atoms with Gasteiger partial charge in [-0.05, 0) is 104 Å². The lowest BCUT2D eigenvalue weighted by Gasteiger charge is -2.62. The predicted molar refractivity (Wildman–Crippen MR) is 109 cm³/mol. The average molecular weight is 393 g/mol. The minimum absolute atomic E-state index is 0.0591. The summed E-state index contributed by atoms with van der Waals surface area (Å²) in [4.78, 5) is 11.1. The van der Waals surface area contributed by atoms with Gasteiger partial charge in [0.25, 0.3) is 0 Å². The van der Waals surface area contributed by atoms with Gasteiger partial charge >= 0.3 is 5.97 Å². The van der Waals surface area contributed by atoms with Gasteiger partial charge in [0.1, 0.15) is 0 Å². The van der Waals surface area contributed by atoms with Gasteiger partial charge < -0.3 is 15.3 Å². The second kappa shape index (κ2) is 7.27. The number of carboxylic acid groups (broad SMARTS) is 1. The molecule has 4 fully saturated rings. The van der Waals surface area contributed by atoms with E-state index in [0.717, 1.165) is 38.5 Å². The van der Waals surface area contributed by atoms with Crippen LogP contribution in [-0.4, -0.2) is 33.5 Å². The summed E-state index contributed by atoms with van der Waals surface area (Å²) in [5.41, 5.74) is 0.216. The lowest BCUT2D eigenvalue weighted by molar-refractivity contribution is -0.175. The maximum atomic E-state index is 11.5. The molecule has 160 valence electrons. The number of aliphatic hydroxyl groups is 2. The first kappa shape index (κ1) is 20.7. The van der Waals surface area contributed by atoms with E-state index in [-0.39, 0.29) is 29.5 Å². The van der Waals surface area contributed by atoms with Crippen LogP contribution in [-0.2, 0) is 4.79 Å². The largest absolute Gasteiger partial charge is 0.481 e. The van der Waals surface area contributed by atoms with Crippen molar-refractivity contribution < 1.29 is 20.1 Å². The van der Waals surface area contributed by atoms with Crippen LogP contribution < -0.4 is 0 Å². The standard InChI is InChI=1S/C24H40O4/c1-14(4-9-22(27)28)18-7-8-19-17-6-5-15-12-16(25)10-11-23(15,2)20(17)13-21(26)24(18,19)3/h14-21,25-26H,4-13H2,1-3H3,(H,27,28)/t14-,15?,16?,17+,18-,19+,20+,21?,23+,24-/m1/s1. The van der Waals surface area contributed by atoms with Crippen molar-refractivity contribution in [3.63, 3.8) is 0 Å². The fraction of sp³-hybridized carbons (Fsp3) is 0.958. The minimum Gasteiger partial charge on any atom is -0.481 e. The van der Waals surface area contributed by atoms with Crippen LogP contribution in [0.25, 0.3) is 0 Å². The second-order valence-corrected chi connectivity index (χ2v) is 11.3. The number of rotatable bonds is 4. The summed E-state index contributed by atoms with van der Waals surface area (Å²) < 4.78 is 0. The minimum atomic E-state index is -0.707. The molecule has 3 unspecified atom stereocenters. The van der Waals surface area contributed by atoms with E-state index in [1.165, 1.54) is 19.3 Å². The first-order valence-electron chi connectivity index (χ1n) is 11.8. The summed E-state index contributed by atoms with van der Waals surface area (Å²) in [6.45, 7) is 6.99. The van der Waals surface area contributed by atoms with Gasteiger partial charge in [-0.15, -0.1) is 0 Å². The zero-order valence-electron chi connectivity index (χ0n) is 17.9. The predicted octanol–water partition coefficient (Wildman–Crippen LogP) is 4.48. The third-order valence-electron chi connectivity index (χ3n) is 10.3. The van der Waals surface area contributed by atoms with Crippen molar-refractivity contribution in [1.82, 2.24) is 0 Å². The number of aliphatic hydroxyl groups excluding tert-OH is 2. The molecular formula is C24H40O4. The van der Waals surface area contributed by atoms with Gasteiger partial charge in [0.15, 0.2) is 0 Å². The molecule has 4 saturated carbocycles. The van der Waals surface area contributed by atoms with E-state index in [1.807, 2.05) is 0 Å². The lowest BCUT2D eigenvalue weighted by atomic mass is 9.43. The van der Waals surface area contributed by atoms with E-state index in [2.05, 4.69) is 20.8 Å². The summed E-state index contributed by atoms with van der Waals surface area (Å²) in [7, 11) is 0. The second-order valence-electron chi connectivity index (χ2n) is 11.3. The zero-order chi connectivity index (χ0) is 20.3. The Balaban J connectivity index is 1.56. The molecule has 4 aliphatic carbocycles. The van der Waals surface area contributed by atoms with Crippen LogP contribution in [0, 0.1) is 46.3 Å². The van der Waals surface area contributed by atoms with Crippen LogP contribution in [0.4, 0.5) is 0 Å². The SMILES string of the molecule is C[C@H](CCC(=O)O)[C@H]1CC[C@H]2[C@@H]3CCC4CC(O)CC[C@]4(C)[C@H]3CC(O)[C@]12C. The van der Waals surface area contributed by atoms with Crippen molar-refractivity contribution in [2.75, 3.05) is 0 Å². The molecule has 28 heavy (non-hydrogen) atoms. The van der Waals surface area contributed by atoms with Gasteiger partial charge in [-0.25, -0.2) is 0 Å². The molecule has 0 aromatic rings. The molecular weight excluding hydrogens is 352 g/mol. The highest BCUT2D eigenvalue weighted by molar-refractivity contribution is 5.66. The zero-order valence-corrected chi connectivity index (χ0v) is 17.9. The fourth-order valence-corrected chi connectivity index (χ4v) is 8.71. The van der Waals surface area contributed by atoms with E-state index < -0.39 is 5.97 Å². The van der Waals surface area contributed by atoms with Crippen LogP contribution in [0.1, 0.15) is 85.0 Å². The maximum Gasteiger partial charge on any atom is 0.303 e. The monoisotopic (exact) mass is 392 g/mol. The molecule has 0 heterocycles. The molecule has 0 amide bonds. The summed E-state index contributed by atoms with van der Waals surface area (Å²) in [5.74, 6) is 2.55. The molecule has 4 heteroatoms. The number of carbonyl (C=O) groups is 1. The van der Waals surface area contributed by atoms with Crippen molar-refractivity contribution in [1.29, 1.82) is 0 Å². The van der Waals surface area contributed by atoms with Crippen LogP contribution in [0.3, 0.4) is 0 Å². The van der Waals surface area contributed by atoms with E-state index in [9.17, 15) is 15.0 Å². The number of carboxylic acids is 1. The number of hydrogen-bond donors (Lipinski definition) is 3. The van der Waals surface area contributed by atoms with E-state index in [0.29, 0.717) is 35.5 Å². The number of hydrogen-bond acceptors (Lipinski definition) is 3. The molecule has 0 aromatic heterocycles. The quantitative estimate of drug-likeness (QED) is 0.659. The molecule has 0 aromatic carbocycles. The van der Waals surface area contributed by atoms with Crippen molar-refractivity contribution in [2.45, 2.75) is 97.2 Å². The fourth-order valence-electron chi connectivity index (χ4n) is 8.71. The van der Waals surface area contributed by atoms with Gasteiger partial charge in [0, 0.05) is 6.42 Å².